The molecule has 14 aromatic rings. The molecule has 3 heterocycles. The van der Waals surface area contributed by atoms with E-state index in [1.165, 1.54) is 88.7 Å². The van der Waals surface area contributed by atoms with E-state index in [1.54, 1.807) is 6.20 Å². The first kappa shape index (κ1) is 55.5. The number of aromatic nitrogens is 3. The maximum absolute atomic E-state index is 4.55. The van der Waals surface area contributed by atoms with Crippen molar-refractivity contribution < 1.29 is 20.1 Å². The van der Waals surface area contributed by atoms with E-state index in [1.807, 2.05) is 91.1 Å². The van der Waals surface area contributed by atoms with Crippen molar-refractivity contribution in [3.63, 3.8) is 0 Å². The van der Waals surface area contributed by atoms with Gasteiger partial charge in [-0.2, -0.15) is 0 Å². The van der Waals surface area contributed by atoms with Crippen molar-refractivity contribution in [2.24, 2.45) is 0 Å². The number of para-hydroxylation sites is 2. The number of pyridine rings is 2. The SMILES string of the molecule is CC1(C)c2ccccc2-c2ccc(N(c3ccc(-c4ccccc4)cc3)c3ccc(-c4ccc5c(c4)c4ccccc4n5-c4ccccc4)cc3)cc21.Cc1cc(-c2[c-]cccc2)ncc1-c1ccccc1.[Ir].[c-]1ccccc1-c1ccccn1. The summed E-state index contributed by atoms with van der Waals surface area (Å²) in [5.41, 5.74) is 24.8. The van der Waals surface area contributed by atoms with Crippen molar-refractivity contribution in [3.8, 4) is 72.7 Å². The van der Waals surface area contributed by atoms with E-state index < -0.39 is 0 Å². The summed E-state index contributed by atoms with van der Waals surface area (Å²) in [5.74, 6) is 0. The van der Waals surface area contributed by atoms with E-state index in [0.717, 1.165) is 39.6 Å². The second-order valence-corrected chi connectivity index (χ2v) is 21.6. The zero-order valence-electron chi connectivity index (χ0n) is 47.6. The molecule has 0 atom stereocenters. The van der Waals surface area contributed by atoms with Gasteiger partial charge in [-0.25, -0.2) is 0 Å². The van der Waals surface area contributed by atoms with E-state index in [-0.39, 0.29) is 25.5 Å². The van der Waals surface area contributed by atoms with Gasteiger partial charge in [-0.1, -0.05) is 190 Å². The van der Waals surface area contributed by atoms with E-state index in [0.29, 0.717) is 0 Å². The Hall–Kier alpha value is -10.0. The first-order valence-corrected chi connectivity index (χ1v) is 28.6. The first-order valence-electron chi connectivity index (χ1n) is 28.6. The fraction of sp³-hybridized carbons (Fsp3) is 0.0500. The normalized spacial score (nSPS) is 11.7. The number of hydrogen-bond donors (Lipinski definition) is 0. The Morgan fingerprint density at radius 2 is 0.906 bits per heavy atom. The van der Waals surface area contributed by atoms with E-state index >= 15 is 0 Å². The molecule has 11 aromatic carbocycles. The van der Waals surface area contributed by atoms with Gasteiger partial charge in [0.05, 0.1) is 11.0 Å². The zero-order chi connectivity index (χ0) is 56.8. The Morgan fingerprint density at radius 1 is 0.376 bits per heavy atom. The molecule has 1 aliphatic rings. The predicted octanol–water partition coefficient (Wildman–Crippen LogP) is 21.0. The van der Waals surface area contributed by atoms with Gasteiger partial charge < -0.3 is 19.4 Å². The largest absolute Gasteiger partial charge is 0.310 e. The van der Waals surface area contributed by atoms with Crippen LogP contribution in [0.25, 0.3) is 94.5 Å². The van der Waals surface area contributed by atoms with E-state index in [4.69, 9.17) is 0 Å². The van der Waals surface area contributed by atoms with Gasteiger partial charge in [-0.05, 0) is 147 Å². The summed E-state index contributed by atoms with van der Waals surface area (Å²) in [7, 11) is 0. The third-order valence-electron chi connectivity index (χ3n) is 16.0. The Bertz CT molecular complexity index is 4490. The summed E-state index contributed by atoms with van der Waals surface area (Å²) in [6.07, 6.45) is 3.73. The summed E-state index contributed by atoms with van der Waals surface area (Å²) in [6, 6.07) is 111. The second-order valence-electron chi connectivity index (χ2n) is 21.6. The molecule has 0 spiro atoms. The summed E-state index contributed by atoms with van der Waals surface area (Å²) < 4.78 is 2.37. The molecule has 5 heteroatoms. The first-order chi connectivity index (χ1) is 41.4. The number of hydrogen-bond acceptors (Lipinski definition) is 3. The van der Waals surface area contributed by atoms with Crippen LogP contribution >= 0.6 is 0 Å². The third kappa shape index (κ3) is 11.4. The minimum absolute atomic E-state index is 0. The Labute approximate surface area is 512 Å². The van der Waals surface area contributed by atoms with Gasteiger partial charge in [-0.15, -0.1) is 71.8 Å². The Morgan fingerprint density at radius 3 is 1.55 bits per heavy atom. The van der Waals surface area contributed by atoms with Gasteiger partial charge in [0.2, 0.25) is 0 Å². The van der Waals surface area contributed by atoms with E-state index in [9.17, 15) is 0 Å². The van der Waals surface area contributed by atoms with Crippen LogP contribution in [0.4, 0.5) is 17.1 Å². The topological polar surface area (TPSA) is 34.0 Å². The molecule has 1 aliphatic carbocycles. The number of benzene rings is 11. The zero-order valence-corrected chi connectivity index (χ0v) is 50.0. The van der Waals surface area contributed by atoms with Crippen LogP contribution in [0.5, 0.6) is 0 Å². The maximum Gasteiger partial charge on any atom is 0.0541 e. The number of anilines is 3. The quantitative estimate of drug-likeness (QED) is 0.135. The molecule has 0 amide bonds. The molecule has 3 aromatic heterocycles. The minimum Gasteiger partial charge on any atom is -0.310 e. The molecule has 85 heavy (non-hydrogen) atoms. The van der Waals surface area contributed by atoms with Crippen molar-refractivity contribution in [1.82, 2.24) is 14.5 Å². The summed E-state index contributed by atoms with van der Waals surface area (Å²) in [5, 5.41) is 2.52. The summed E-state index contributed by atoms with van der Waals surface area (Å²) in [6.45, 7) is 6.82. The molecular formula is C80H60IrN4-2. The molecule has 1 radical (unpaired) electrons. The Balaban J connectivity index is 0.000000180. The monoisotopic (exact) mass is 1270 g/mol. The van der Waals surface area contributed by atoms with Crippen molar-refractivity contribution in [3.05, 3.63) is 338 Å². The molecule has 0 unspecified atom stereocenters. The maximum atomic E-state index is 4.55. The van der Waals surface area contributed by atoms with Crippen molar-refractivity contribution in [2.75, 3.05) is 4.90 Å². The van der Waals surface area contributed by atoms with Crippen LogP contribution in [0.1, 0.15) is 30.5 Å². The molecule has 0 saturated carbocycles. The predicted molar refractivity (Wildman–Crippen MR) is 351 cm³/mol. The van der Waals surface area contributed by atoms with Crippen LogP contribution < -0.4 is 4.90 Å². The molecule has 0 N–H and O–H groups in total. The Kier molecular flexibility index (Phi) is 16.2. The molecular weight excluding hydrogens is 1210 g/mol. The number of aryl methyl sites for hydroxylation is 1. The van der Waals surface area contributed by atoms with Gasteiger partial charge in [0, 0.05) is 77.0 Å². The molecule has 4 nitrogen and oxygen atoms in total. The molecule has 0 aliphatic heterocycles. The molecule has 0 bridgehead atoms. The van der Waals surface area contributed by atoms with Crippen LogP contribution in [-0.4, -0.2) is 14.5 Å². The molecule has 411 valence electrons. The van der Waals surface area contributed by atoms with Crippen molar-refractivity contribution in [1.29, 1.82) is 0 Å². The number of rotatable bonds is 9. The van der Waals surface area contributed by atoms with Gasteiger partial charge >= 0.3 is 0 Å². The van der Waals surface area contributed by atoms with Crippen LogP contribution in [0, 0.1) is 19.1 Å². The van der Waals surface area contributed by atoms with Gasteiger partial charge in [0.25, 0.3) is 0 Å². The minimum atomic E-state index is -0.0864. The molecule has 0 fully saturated rings. The average Bonchev–Trinajstić information content (AvgIpc) is 2.00. The third-order valence-corrected chi connectivity index (χ3v) is 16.0. The molecule has 15 rings (SSSR count). The summed E-state index contributed by atoms with van der Waals surface area (Å²) in [4.78, 5) is 11.2. The fourth-order valence-electron chi connectivity index (χ4n) is 11.8. The van der Waals surface area contributed by atoms with Crippen LogP contribution in [0.2, 0.25) is 0 Å². The number of fused-ring (bicyclic) bond motifs is 6. The second kappa shape index (κ2) is 24.8. The van der Waals surface area contributed by atoms with Crippen LogP contribution in [0.3, 0.4) is 0 Å². The van der Waals surface area contributed by atoms with Gasteiger partial charge in [0.1, 0.15) is 0 Å². The average molecular weight is 1270 g/mol. The molecule has 0 saturated heterocycles. The van der Waals surface area contributed by atoms with Crippen LogP contribution in [0.15, 0.2) is 310 Å². The van der Waals surface area contributed by atoms with E-state index in [2.05, 4.69) is 265 Å². The summed E-state index contributed by atoms with van der Waals surface area (Å²) >= 11 is 0. The van der Waals surface area contributed by atoms with Crippen molar-refractivity contribution >= 4 is 38.9 Å². The number of nitrogens with zero attached hydrogens (tertiary/aromatic N) is 4. The van der Waals surface area contributed by atoms with Crippen molar-refractivity contribution in [2.45, 2.75) is 26.2 Å². The van der Waals surface area contributed by atoms with Gasteiger partial charge in [-0.3, -0.25) is 0 Å². The standard InChI is InChI=1S/C51H38N2.C18H14N.C11H8N.Ir/c1-51(2)47-19-11-9-17-43(47)44-31-30-42(34-48(44)51)52(40-26-21-36(22-27-40)35-13-5-3-6-14-35)41-28-23-37(24-29-41)38-25-32-50-46(33-38)45-18-10-12-20-49(45)53(50)39-15-7-4-8-16-39;1-14-12-18(16-10-6-3-7-11-16)19-13-17(14)15-8-4-2-5-9-15;1-2-6-10(7-3-1)11-8-4-5-9-12-11;/h3-34H,1-2H3;2-10,12-13H,1H3;1-6,8-9H;/q;2*-1;. The fourth-order valence-corrected chi connectivity index (χ4v) is 11.8. The van der Waals surface area contributed by atoms with Crippen LogP contribution in [-0.2, 0) is 25.5 Å². The smallest absolute Gasteiger partial charge is 0.0541 e. The van der Waals surface area contributed by atoms with Gasteiger partial charge in [0.15, 0.2) is 0 Å².